The predicted molar refractivity (Wildman–Crippen MR) is 103 cm³/mol. The summed E-state index contributed by atoms with van der Waals surface area (Å²) in [7, 11) is 0. The van der Waals surface area contributed by atoms with Crippen molar-refractivity contribution in [1.82, 2.24) is 15.2 Å². The van der Waals surface area contributed by atoms with Crippen LogP contribution in [-0.4, -0.2) is 42.0 Å². The first kappa shape index (κ1) is 18.1. The van der Waals surface area contributed by atoms with Gasteiger partial charge in [-0.25, -0.2) is 4.98 Å². The molecule has 1 aliphatic heterocycles. The molecule has 0 spiro atoms. The molecule has 1 aromatic carbocycles. The van der Waals surface area contributed by atoms with Crippen molar-refractivity contribution in [1.29, 1.82) is 0 Å². The van der Waals surface area contributed by atoms with Gasteiger partial charge in [0.2, 0.25) is 5.91 Å². The van der Waals surface area contributed by atoms with E-state index in [1.165, 1.54) is 22.4 Å². The van der Waals surface area contributed by atoms with Crippen LogP contribution < -0.4 is 5.32 Å². The quantitative estimate of drug-likeness (QED) is 0.827. The second kappa shape index (κ2) is 8.59. The van der Waals surface area contributed by atoms with Gasteiger partial charge in [-0.15, -0.1) is 11.3 Å². The summed E-state index contributed by atoms with van der Waals surface area (Å²) < 4.78 is 0. The number of carbonyl (C=O) groups excluding carboxylic acids is 1. The molecular weight excluding hydrogens is 330 g/mol. The summed E-state index contributed by atoms with van der Waals surface area (Å²) in [5.74, 6) is 0.772. The minimum absolute atomic E-state index is 0.141. The molecule has 0 unspecified atom stereocenters. The highest BCUT2D eigenvalue weighted by Gasteiger charge is 2.24. The van der Waals surface area contributed by atoms with Gasteiger partial charge in [-0.2, -0.15) is 0 Å². The predicted octanol–water partition coefficient (Wildman–Crippen LogP) is 3.30. The van der Waals surface area contributed by atoms with Crippen LogP contribution in [0, 0.1) is 13.8 Å². The molecule has 25 heavy (non-hydrogen) atoms. The molecule has 0 bridgehead atoms. The Morgan fingerprint density at radius 1 is 1.36 bits per heavy atom. The zero-order chi connectivity index (χ0) is 17.6. The first-order valence-corrected chi connectivity index (χ1v) is 9.95. The summed E-state index contributed by atoms with van der Waals surface area (Å²) >= 11 is 1.64. The fraction of sp³-hybridized carbons (Fsp3) is 0.500. The largest absolute Gasteiger partial charge is 0.355 e. The third kappa shape index (κ3) is 4.89. The van der Waals surface area contributed by atoms with Gasteiger partial charge in [0.15, 0.2) is 0 Å². The number of nitrogens with zero attached hydrogens (tertiary/aromatic N) is 2. The van der Waals surface area contributed by atoms with Gasteiger partial charge >= 0.3 is 0 Å². The highest BCUT2D eigenvalue weighted by atomic mass is 32.1. The van der Waals surface area contributed by atoms with Gasteiger partial charge < -0.3 is 10.2 Å². The number of likely N-dealkylation sites (tertiary alicyclic amines) is 1. The van der Waals surface area contributed by atoms with Crippen LogP contribution in [0.3, 0.4) is 0 Å². The molecule has 2 heterocycles. The number of thiazole rings is 1. The SMILES string of the molecule is Cc1ccccc1[C@H]1CCN(CCNC(=O)CCc2scnc2C)C1. The van der Waals surface area contributed by atoms with Gasteiger partial charge in [0.25, 0.3) is 0 Å². The number of hydrogen-bond donors (Lipinski definition) is 1. The van der Waals surface area contributed by atoms with E-state index in [1.807, 2.05) is 12.4 Å². The molecule has 1 amide bonds. The first-order chi connectivity index (χ1) is 12.1. The zero-order valence-corrected chi connectivity index (χ0v) is 15.9. The van der Waals surface area contributed by atoms with Gasteiger partial charge in [0, 0.05) is 30.9 Å². The number of aromatic nitrogens is 1. The molecule has 4 nitrogen and oxygen atoms in total. The van der Waals surface area contributed by atoms with Crippen molar-refractivity contribution in [3.63, 3.8) is 0 Å². The van der Waals surface area contributed by atoms with Crippen LogP contribution in [0.2, 0.25) is 0 Å². The minimum Gasteiger partial charge on any atom is -0.355 e. The lowest BCUT2D eigenvalue weighted by Gasteiger charge is -2.17. The van der Waals surface area contributed by atoms with Crippen LogP contribution in [0.4, 0.5) is 0 Å². The summed E-state index contributed by atoms with van der Waals surface area (Å²) in [5.41, 5.74) is 5.77. The van der Waals surface area contributed by atoms with E-state index >= 15 is 0 Å². The molecule has 0 radical (unpaired) electrons. The standard InChI is InChI=1S/C20H27N3OS/c1-15-5-3-4-6-18(15)17-9-11-23(13-17)12-10-21-20(24)8-7-19-16(2)22-14-25-19/h3-6,14,17H,7-13H2,1-2H3,(H,21,24)/t17-/m0/s1. The van der Waals surface area contributed by atoms with E-state index in [0.29, 0.717) is 12.3 Å². The lowest BCUT2D eigenvalue weighted by atomic mass is 9.94. The van der Waals surface area contributed by atoms with Crippen LogP contribution in [-0.2, 0) is 11.2 Å². The van der Waals surface area contributed by atoms with Crippen molar-refractivity contribution >= 4 is 17.2 Å². The minimum atomic E-state index is 0.141. The van der Waals surface area contributed by atoms with Gasteiger partial charge in [-0.3, -0.25) is 4.79 Å². The molecule has 1 fully saturated rings. The van der Waals surface area contributed by atoms with Gasteiger partial charge in [-0.1, -0.05) is 24.3 Å². The zero-order valence-electron chi connectivity index (χ0n) is 15.1. The van der Waals surface area contributed by atoms with E-state index in [0.717, 1.165) is 38.3 Å². The Morgan fingerprint density at radius 3 is 2.96 bits per heavy atom. The van der Waals surface area contributed by atoms with Crippen molar-refractivity contribution in [3.05, 3.63) is 51.5 Å². The number of aryl methyl sites for hydroxylation is 3. The maximum absolute atomic E-state index is 12.0. The smallest absolute Gasteiger partial charge is 0.220 e. The second-order valence-electron chi connectivity index (χ2n) is 6.85. The van der Waals surface area contributed by atoms with E-state index in [4.69, 9.17) is 0 Å². The number of hydrogen-bond acceptors (Lipinski definition) is 4. The molecular formula is C20H27N3OS. The molecule has 5 heteroatoms. The highest BCUT2D eigenvalue weighted by Crippen LogP contribution is 2.28. The molecule has 1 N–H and O–H groups in total. The van der Waals surface area contributed by atoms with Crippen molar-refractivity contribution in [2.75, 3.05) is 26.2 Å². The van der Waals surface area contributed by atoms with Crippen molar-refractivity contribution in [3.8, 4) is 0 Å². The number of nitrogens with one attached hydrogen (secondary N) is 1. The Balaban J connectivity index is 1.36. The van der Waals surface area contributed by atoms with E-state index in [-0.39, 0.29) is 5.91 Å². The number of rotatable bonds is 7. The van der Waals surface area contributed by atoms with Crippen LogP contribution >= 0.6 is 11.3 Å². The Labute approximate surface area is 154 Å². The molecule has 1 aliphatic rings. The molecule has 0 saturated carbocycles. The highest BCUT2D eigenvalue weighted by molar-refractivity contribution is 7.09. The van der Waals surface area contributed by atoms with Crippen molar-refractivity contribution in [2.24, 2.45) is 0 Å². The molecule has 3 rings (SSSR count). The Morgan fingerprint density at radius 2 is 2.20 bits per heavy atom. The Kier molecular flexibility index (Phi) is 6.21. The molecule has 0 aliphatic carbocycles. The van der Waals surface area contributed by atoms with E-state index in [2.05, 4.69) is 46.4 Å². The number of carbonyl (C=O) groups is 1. The Bertz CT molecular complexity index is 712. The van der Waals surface area contributed by atoms with Crippen LogP contribution in [0.15, 0.2) is 29.8 Å². The number of benzene rings is 1. The molecule has 1 aromatic heterocycles. The summed E-state index contributed by atoms with van der Waals surface area (Å²) in [4.78, 5) is 19.9. The second-order valence-corrected chi connectivity index (χ2v) is 7.79. The fourth-order valence-electron chi connectivity index (χ4n) is 3.57. The molecule has 2 aromatic rings. The molecule has 1 saturated heterocycles. The summed E-state index contributed by atoms with van der Waals surface area (Å²) in [6.45, 7) is 8.09. The number of amides is 1. The van der Waals surface area contributed by atoms with E-state index in [9.17, 15) is 4.79 Å². The average Bonchev–Trinajstić information content (AvgIpc) is 3.22. The maximum Gasteiger partial charge on any atom is 0.220 e. The maximum atomic E-state index is 12.0. The third-order valence-electron chi connectivity index (χ3n) is 5.07. The van der Waals surface area contributed by atoms with Crippen molar-refractivity contribution in [2.45, 2.75) is 39.0 Å². The lowest BCUT2D eigenvalue weighted by Crippen LogP contribution is -2.33. The van der Waals surface area contributed by atoms with E-state index in [1.54, 1.807) is 11.3 Å². The summed E-state index contributed by atoms with van der Waals surface area (Å²) in [6.07, 6.45) is 2.56. The Hall–Kier alpha value is -1.72. The van der Waals surface area contributed by atoms with Crippen LogP contribution in [0.1, 0.15) is 40.5 Å². The molecule has 134 valence electrons. The molecule has 1 atom stereocenters. The average molecular weight is 358 g/mol. The fourth-order valence-corrected chi connectivity index (χ4v) is 4.35. The van der Waals surface area contributed by atoms with Crippen LogP contribution in [0.5, 0.6) is 0 Å². The topological polar surface area (TPSA) is 45.2 Å². The summed E-state index contributed by atoms with van der Waals surface area (Å²) in [6, 6.07) is 8.70. The summed E-state index contributed by atoms with van der Waals surface area (Å²) in [5, 5.41) is 3.06. The lowest BCUT2D eigenvalue weighted by molar-refractivity contribution is -0.121. The van der Waals surface area contributed by atoms with E-state index < -0.39 is 0 Å². The van der Waals surface area contributed by atoms with Gasteiger partial charge in [0.05, 0.1) is 11.2 Å². The van der Waals surface area contributed by atoms with Crippen LogP contribution in [0.25, 0.3) is 0 Å². The third-order valence-corrected chi connectivity index (χ3v) is 6.07. The monoisotopic (exact) mass is 357 g/mol. The van der Waals surface area contributed by atoms with Crippen molar-refractivity contribution < 1.29 is 4.79 Å². The van der Waals surface area contributed by atoms with Gasteiger partial charge in [-0.05, 0) is 50.3 Å². The normalized spacial score (nSPS) is 17.8. The van der Waals surface area contributed by atoms with Gasteiger partial charge in [0.1, 0.15) is 0 Å². The first-order valence-electron chi connectivity index (χ1n) is 9.07.